The second-order valence-electron chi connectivity index (χ2n) is 6.19. The summed E-state index contributed by atoms with van der Waals surface area (Å²) in [6.45, 7) is 0. The molecule has 0 saturated carbocycles. The number of carbonyl (C=O) groups is 6. The van der Waals surface area contributed by atoms with E-state index >= 15 is 0 Å². The highest BCUT2D eigenvalue weighted by Gasteiger charge is 2.82. The van der Waals surface area contributed by atoms with Crippen molar-refractivity contribution in [2.45, 2.75) is 56.3 Å². The summed E-state index contributed by atoms with van der Waals surface area (Å²) >= 11 is 0. The second-order valence-corrected chi connectivity index (χ2v) is 6.19. The number of aliphatic hydroxyl groups is 2. The van der Waals surface area contributed by atoms with Crippen molar-refractivity contribution in [1.29, 1.82) is 0 Å². The van der Waals surface area contributed by atoms with Gasteiger partial charge in [-0.25, -0.2) is 4.79 Å². The molecule has 0 aromatic heterocycles. The lowest BCUT2D eigenvalue weighted by atomic mass is 10.1. The van der Waals surface area contributed by atoms with E-state index < -0.39 is 92.1 Å². The molecule has 0 aliphatic carbocycles. The van der Waals surface area contributed by atoms with Gasteiger partial charge in [0.2, 0.25) is 0 Å². The minimum Gasteiger partial charge on any atom is -0.405 e. The summed E-state index contributed by atoms with van der Waals surface area (Å²) < 4.78 is 23.9. The predicted molar refractivity (Wildman–Crippen MR) is 78.0 cm³/mol. The molecule has 30 heavy (non-hydrogen) atoms. The van der Waals surface area contributed by atoms with Crippen molar-refractivity contribution >= 4 is 35.8 Å². The van der Waals surface area contributed by atoms with E-state index in [0.717, 1.165) is 0 Å². The molecule has 0 bridgehead atoms. The van der Waals surface area contributed by atoms with E-state index in [1.165, 1.54) is 0 Å². The van der Waals surface area contributed by atoms with Crippen molar-refractivity contribution in [3.8, 4) is 0 Å². The maximum absolute atomic E-state index is 12.2. The summed E-state index contributed by atoms with van der Waals surface area (Å²) in [5, 5.41) is 20.9. The van der Waals surface area contributed by atoms with Gasteiger partial charge in [-0.3, -0.25) is 28.9 Å². The third-order valence-electron chi connectivity index (χ3n) is 3.94. The van der Waals surface area contributed by atoms with E-state index in [2.05, 4.69) is 9.78 Å². The van der Waals surface area contributed by atoms with E-state index in [1.807, 2.05) is 0 Å². The Kier molecular flexibility index (Phi) is 5.36. The molecule has 3 heterocycles. The number of hydrogen-bond donors (Lipinski definition) is 2. The number of ether oxygens (including phenoxy) is 5. The minimum absolute atomic E-state index is 0.629. The van der Waals surface area contributed by atoms with Gasteiger partial charge in [-0.2, -0.15) is 0 Å². The minimum atomic E-state index is -4.21. The van der Waals surface area contributed by atoms with Crippen LogP contribution >= 0.6 is 0 Å². The van der Waals surface area contributed by atoms with E-state index in [1.54, 1.807) is 0 Å². The lowest BCUT2D eigenvalue weighted by molar-refractivity contribution is -0.586. The normalized spacial score (nSPS) is 26.2. The van der Waals surface area contributed by atoms with Crippen LogP contribution in [0.2, 0.25) is 0 Å². The Bertz CT molecular complexity index is 775. The summed E-state index contributed by atoms with van der Waals surface area (Å²) in [5.74, 6) is -19.9. The standard InChI is InChI=1S/C15H14O15/c16-7-1-2-8(17)25-13(24-7)14(22,23)30-29-12(21)6-5-11(20)28-15(13)26-9(18)3-4-10(19)27-15/h22-23H,1-6H2. The summed E-state index contributed by atoms with van der Waals surface area (Å²) in [6.07, 6.45) is -4.11. The third-order valence-corrected chi connectivity index (χ3v) is 3.94. The summed E-state index contributed by atoms with van der Waals surface area (Å²) in [4.78, 5) is 80.5. The molecular formula is C15H14O15. The van der Waals surface area contributed by atoms with Crippen LogP contribution in [0.1, 0.15) is 38.5 Å². The Balaban J connectivity index is 2.27. The molecule has 15 nitrogen and oxygen atoms in total. The van der Waals surface area contributed by atoms with Crippen LogP contribution < -0.4 is 0 Å². The van der Waals surface area contributed by atoms with Crippen LogP contribution in [0.3, 0.4) is 0 Å². The van der Waals surface area contributed by atoms with Crippen LogP contribution in [0.5, 0.6) is 0 Å². The number of fused-ring (bicyclic) bond motifs is 1. The fourth-order valence-electron chi connectivity index (χ4n) is 2.58. The number of esters is 5. The van der Waals surface area contributed by atoms with Crippen LogP contribution in [-0.2, 0) is 62.2 Å². The van der Waals surface area contributed by atoms with Crippen LogP contribution in [0.4, 0.5) is 0 Å². The van der Waals surface area contributed by atoms with Gasteiger partial charge in [0.25, 0.3) is 0 Å². The van der Waals surface area contributed by atoms with E-state index in [9.17, 15) is 39.0 Å². The Hall–Kier alpha value is -3.30. The predicted octanol–water partition coefficient (Wildman–Crippen LogP) is -2.45. The average molecular weight is 434 g/mol. The molecule has 0 aromatic rings. The quantitative estimate of drug-likeness (QED) is 0.230. The maximum atomic E-state index is 12.2. The van der Waals surface area contributed by atoms with Crippen LogP contribution in [0.15, 0.2) is 0 Å². The molecule has 15 heteroatoms. The van der Waals surface area contributed by atoms with Crippen LogP contribution in [0, 0.1) is 0 Å². The zero-order chi connectivity index (χ0) is 22.2. The molecule has 0 aromatic carbocycles. The third kappa shape index (κ3) is 3.77. The Labute approximate surface area is 165 Å². The topological polar surface area (TPSA) is 207 Å². The molecule has 0 radical (unpaired) electrons. The van der Waals surface area contributed by atoms with Crippen molar-refractivity contribution in [2.24, 2.45) is 0 Å². The molecule has 0 atom stereocenters. The first kappa shape index (κ1) is 21.4. The van der Waals surface area contributed by atoms with E-state index in [0.29, 0.717) is 0 Å². The smallest absolute Gasteiger partial charge is 0.405 e. The first-order valence-electron chi connectivity index (χ1n) is 8.41. The molecule has 2 N–H and O–H groups in total. The highest BCUT2D eigenvalue weighted by atomic mass is 17.3. The molecule has 0 unspecified atom stereocenters. The van der Waals surface area contributed by atoms with Gasteiger partial charge in [0.05, 0.1) is 38.5 Å². The Morgan fingerprint density at radius 3 is 1.27 bits per heavy atom. The van der Waals surface area contributed by atoms with Gasteiger partial charge in [0, 0.05) is 0 Å². The van der Waals surface area contributed by atoms with Crippen molar-refractivity contribution < 1.29 is 72.4 Å². The molecule has 2 spiro atoms. The summed E-state index contributed by atoms with van der Waals surface area (Å²) in [7, 11) is 0. The van der Waals surface area contributed by atoms with Gasteiger partial charge in [-0.05, 0) is 0 Å². The highest BCUT2D eigenvalue weighted by molar-refractivity contribution is 5.83. The van der Waals surface area contributed by atoms with E-state index in [4.69, 9.17) is 23.7 Å². The van der Waals surface area contributed by atoms with Crippen molar-refractivity contribution in [2.75, 3.05) is 0 Å². The van der Waals surface area contributed by atoms with Gasteiger partial charge < -0.3 is 33.9 Å². The van der Waals surface area contributed by atoms with Crippen molar-refractivity contribution in [3.63, 3.8) is 0 Å². The fraction of sp³-hybridized carbons (Fsp3) is 0.600. The zero-order valence-electron chi connectivity index (χ0n) is 14.9. The molecule has 0 amide bonds. The fourth-order valence-corrected chi connectivity index (χ4v) is 2.58. The first-order valence-corrected chi connectivity index (χ1v) is 8.41. The molecule has 3 saturated heterocycles. The number of carbonyl (C=O) groups excluding carboxylic acids is 6. The number of hydrogen-bond acceptors (Lipinski definition) is 15. The molecule has 3 aliphatic heterocycles. The Morgan fingerprint density at radius 1 is 0.533 bits per heavy atom. The van der Waals surface area contributed by atoms with Crippen molar-refractivity contribution in [3.05, 3.63) is 0 Å². The van der Waals surface area contributed by atoms with Crippen molar-refractivity contribution in [1.82, 2.24) is 0 Å². The van der Waals surface area contributed by atoms with E-state index in [-0.39, 0.29) is 0 Å². The van der Waals surface area contributed by atoms with Gasteiger partial charge in [-0.1, -0.05) is 0 Å². The lowest BCUT2D eigenvalue weighted by Crippen LogP contribution is -2.75. The average Bonchev–Trinajstić information content (AvgIpc) is 2.90. The molecular weight excluding hydrogens is 420 g/mol. The van der Waals surface area contributed by atoms with Gasteiger partial charge in [0.1, 0.15) is 0 Å². The highest BCUT2D eigenvalue weighted by Crippen LogP contribution is 2.46. The first-order chi connectivity index (χ1) is 14.0. The molecule has 164 valence electrons. The number of rotatable bonds is 0. The monoisotopic (exact) mass is 434 g/mol. The second kappa shape index (κ2) is 7.51. The molecule has 3 fully saturated rings. The molecule has 3 aliphatic rings. The van der Waals surface area contributed by atoms with Gasteiger partial charge in [-0.15, -0.1) is 4.89 Å². The van der Waals surface area contributed by atoms with Gasteiger partial charge in [0.15, 0.2) is 0 Å². The van der Waals surface area contributed by atoms with Crippen LogP contribution in [-0.4, -0.2) is 63.8 Å². The van der Waals surface area contributed by atoms with Gasteiger partial charge >= 0.3 is 53.5 Å². The Morgan fingerprint density at radius 2 is 0.867 bits per heavy atom. The largest absolute Gasteiger partial charge is 0.516 e. The summed E-state index contributed by atoms with van der Waals surface area (Å²) in [6, 6.07) is 0. The summed E-state index contributed by atoms with van der Waals surface area (Å²) in [5.41, 5.74) is 0. The maximum Gasteiger partial charge on any atom is 0.516 e. The SMILES string of the molecule is O=C1CCC(=O)OC2(OC(=O)CCC(=O)O2)C2(OC(=O)CCC(=O)O2)C(O)(O)OO1. The van der Waals surface area contributed by atoms with Crippen LogP contribution in [0.25, 0.3) is 0 Å². The lowest BCUT2D eigenvalue weighted by Gasteiger charge is -2.45. The molecule has 3 rings (SSSR count). The zero-order valence-corrected chi connectivity index (χ0v) is 14.9.